The van der Waals surface area contributed by atoms with Crippen molar-refractivity contribution in [2.45, 2.75) is 6.92 Å². The molecule has 1 aromatic rings. The Bertz CT molecular complexity index is 255. The van der Waals surface area contributed by atoms with Crippen LogP contribution in [0.3, 0.4) is 0 Å². The molecule has 1 aromatic heterocycles. The lowest BCUT2D eigenvalue weighted by Gasteiger charge is -1.96. The summed E-state index contributed by atoms with van der Waals surface area (Å²) in [6.07, 6.45) is 1.55. The van der Waals surface area contributed by atoms with Crippen LogP contribution in [0.1, 0.15) is 17.4 Å². The third-order valence-electron chi connectivity index (χ3n) is 1.20. The molecule has 0 saturated heterocycles. The van der Waals surface area contributed by atoms with Crippen LogP contribution >= 0.6 is 0 Å². The molecule has 4 nitrogen and oxygen atoms in total. The minimum atomic E-state index is -0.371. The summed E-state index contributed by atoms with van der Waals surface area (Å²) in [5, 5.41) is 0. The maximum absolute atomic E-state index is 10.9. The van der Waals surface area contributed by atoms with Crippen molar-refractivity contribution in [1.29, 1.82) is 0 Å². The predicted molar refractivity (Wildman–Crippen MR) is 41.2 cm³/mol. The molecular weight excluding hydrogens is 144 g/mol. The number of rotatable bonds is 2. The number of nitrogens with one attached hydrogen (secondary N) is 1. The number of aromatic nitrogens is 1. The average Bonchev–Trinajstić information content (AvgIpc) is 2.36. The molecule has 0 aliphatic rings. The van der Waals surface area contributed by atoms with Crippen LogP contribution in [-0.4, -0.2) is 17.6 Å². The first-order valence-corrected chi connectivity index (χ1v) is 3.35. The van der Waals surface area contributed by atoms with Gasteiger partial charge in [-0.3, -0.25) is 0 Å². The number of hydrogen-bond acceptors (Lipinski definition) is 3. The van der Waals surface area contributed by atoms with E-state index in [1.54, 1.807) is 13.1 Å². The number of esters is 1. The molecule has 0 radical (unpaired) electrons. The highest BCUT2D eigenvalue weighted by Crippen LogP contribution is 2.05. The maximum atomic E-state index is 10.9. The van der Waals surface area contributed by atoms with Gasteiger partial charge in [-0.2, -0.15) is 0 Å². The maximum Gasteiger partial charge on any atom is 0.354 e. The van der Waals surface area contributed by atoms with E-state index in [2.05, 4.69) is 4.98 Å². The summed E-state index contributed by atoms with van der Waals surface area (Å²) in [5.74, 6) is -0.371. The van der Waals surface area contributed by atoms with E-state index in [1.165, 1.54) is 6.07 Å². The summed E-state index contributed by atoms with van der Waals surface area (Å²) in [7, 11) is 0. The fraction of sp³-hybridized carbons (Fsp3) is 0.286. The zero-order valence-corrected chi connectivity index (χ0v) is 6.26. The Kier molecular flexibility index (Phi) is 2.15. The highest BCUT2D eigenvalue weighted by molar-refractivity contribution is 5.88. The smallest absolute Gasteiger partial charge is 0.354 e. The lowest BCUT2D eigenvalue weighted by molar-refractivity contribution is 0.0520. The highest BCUT2D eigenvalue weighted by atomic mass is 16.5. The largest absolute Gasteiger partial charge is 0.461 e. The predicted octanol–water partition coefficient (Wildman–Crippen LogP) is 0.774. The van der Waals surface area contributed by atoms with Gasteiger partial charge in [0.25, 0.3) is 0 Å². The Labute approximate surface area is 64.4 Å². The highest BCUT2D eigenvalue weighted by Gasteiger charge is 2.06. The normalized spacial score (nSPS) is 9.55. The molecule has 11 heavy (non-hydrogen) atoms. The topological polar surface area (TPSA) is 68.1 Å². The van der Waals surface area contributed by atoms with Gasteiger partial charge < -0.3 is 15.5 Å². The van der Waals surface area contributed by atoms with Gasteiger partial charge in [0, 0.05) is 6.20 Å². The first-order chi connectivity index (χ1) is 5.24. The van der Waals surface area contributed by atoms with E-state index in [4.69, 9.17) is 10.5 Å². The quantitative estimate of drug-likeness (QED) is 0.618. The zero-order chi connectivity index (χ0) is 8.27. The first kappa shape index (κ1) is 7.65. The molecule has 0 fully saturated rings. The van der Waals surface area contributed by atoms with Crippen LogP contribution in [0.25, 0.3) is 0 Å². The van der Waals surface area contributed by atoms with E-state index in [-0.39, 0.29) is 5.97 Å². The van der Waals surface area contributed by atoms with E-state index in [0.29, 0.717) is 18.0 Å². The fourth-order valence-corrected chi connectivity index (χ4v) is 0.738. The number of aromatic amines is 1. The van der Waals surface area contributed by atoms with Gasteiger partial charge in [-0.05, 0) is 13.0 Å². The van der Waals surface area contributed by atoms with Crippen molar-refractivity contribution in [1.82, 2.24) is 4.98 Å². The van der Waals surface area contributed by atoms with Gasteiger partial charge >= 0.3 is 5.97 Å². The summed E-state index contributed by atoms with van der Waals surface area (Å²) in [4.78, 5) is 13.6. The van der Waals surface area contributed by atoms with Gasteiger partial charge in [-0.25, -0.2) is 4.79 Å². The molecule has 0 unspecified atom stereocenters. The van der Waals surface area contributed by atoms with Crippen molar-refractivity contribution in [3.8, 4) is 0 Å². The number of H-pyrrole nitrogens is 1. The lowest BCUT2D eigenvalue weighted by atomic mass is 10.4. The monoisotopic (exact) mass is 154 g/mol. The molecule has 1 rings (SSSR count). The molecule has 60 valence electrons. The zero-order valence-electron chi connectivity index (χ0n) is 6.26. The molecule has 0 saturated carbocycles. The second-order valence-electron chi connectivity index (χ2n) is 2.07. The van der Waals surface area contributed by atoms with Crippen LogP contribution in [0, 0.1) is 0 Å². The molecular formula is C7H10N2O2. The van der Waals surface area contributed by atoms with E-state index in [9.17, 15) is 4.79 Å². The Hall–Kier alpha value is -1.45. The lowest BCUT2D eigenvalue weighted by Crippen LogP contribution is -2.04. The number of nitrogens with two attached hydrogens (primary N) is 1. The standard InChI is InChI=1S/C7H10N2O2/c1-2-11-7(10)6-3-5(8)4-9-6/h3-4,9H,2,8H2,1H3. The van der Waals surface area contributed by atoms with Crippen molar-refractivity contribution < 1.29 is 9.53 Å². The van der Waals surface area contributed by atoms with Crippen molar-refractivity contribution in [3.63, 3.8) is 0 Å². The van der Waals surface area contributed by atoms with Crippen LogP contribution in [0.4, 0.5) is 5.69 Å². The molecule has 1 heterocycles. The van der Waals surface area contributed by atoms with Gasteiger partial charge in [0.1, 0.15) is 5.69 Å². The second-order valence-corrected chi connectivity index (χ2v) is 2.07. The van der Waals surface area contributed by atoms with Crippen LogP contribution < -0.4 is 5.73 Å². The average molecular weight is 154 g/mol. The van der Waals surface area contributed by atoms with E-state index in [1.807, 2.05) is 0 Å². The summed E-state index contributed by atoms with van der Waals surface area (Å²) < 4.78 is 4.72. The molecule has 0 aliphatic heterocycles. The van der Waals surface area contributed by atoms with Gasteiger partial charge in [0.05, 0.1) is 12.3 Å². The minimum absolute atomic E-state index is 0.371. The fourth-order valence-electron chi connectivity index (χ4n) is 0.738. The van der Waals surface area contributed by atoms with Gasteiger partial charge in [-0.15, -0.1) is 0 Å². The molecule has 0 aliphatic carbocycles. The Morgan fingerprint density at radius 1 is 1.82 bits per heavy atom. The molecule has 0 bridgehead atoms. The van der Waals surface area contributed by atoms with Gasteiger partial charge in [0.2, 0.25) is 0 Å². The van der Waals surface area contributed by atoms with Crippen LogP contribution in [0.2, 0.25) is 0 Å². The van der Waals surface area contributed by atoms with Crippen molar-refractivity contribution in [2.75, 3.05) is 12.3 Å². The van der Waals surface area contributed by atoms with Crippen LogP contribution in [0.5, 0.6) is 0 Å². The van der Waals surface area contributed by atoms with Gasteiger partial charge in [0.15, 0.2) is 0 Å². The van der Waals surface area contributed by atoms with Gasteiger partial charge in [-0.1, -0.05) is 0 Å². The summed E-state index contributed by atoms with van der Waals surface area (Å²) in [6.45, 7) is 2.13. The molecule has 3 N–H and O–H groups in total. The number of carbonyl (C=O) groups excluding carboxylic acids is 1. The number of ether oxygens (including phenoxy) is 1. The summed E-state index contributed by atoms with van der Waals surface area (Å²) >= 11 is 0. The number of anilines is 1. The molecule has 0 aromatic carbocycles. The number of nitrogen functional groups attached to an aromatic ring is 1. The summed E-state index contributed by atoms with van der Waals surface area (Å²) in [5.41, 5.74) is 6.30. The van der Waals surface area contributed by atoms with Crippen LogP contribution in [0.15, 0.2) is 12.3 Å². The molecule has 0 spiro atoms. The molecule has 4 heteroatoms. The molecule has 0 amide bonds. The third kappa shape index (κ3) is 1.73. The SMILES string of the molecule is CCOC(=O)c1cc(N)c[nH]1. The first-order valence-electron chi connectivity index (χ1n) is 3.35. The minimum Gasteiger partial charge on any atom is -0.461 e. The molecule has 0 atom stereocenters. The van der Waals surface area contributed by atoms with E-state index < -0.39 is 0 Å². The Balaban J connectivity index is 2.69. The Morgan fingerprint density at radius 2 is 2.55 bits per heavy atom. The number of hydrogen-bond donors (Lipinski definition) is 2. The van der Waals surface area contributed by atoms with Crippen molar-refractivity contribution in [2.24, 2.45) is 0 Å². The van der Waals surface area contributed by atoms with Crippen molar-refractivity contribution in [3.05, 3.63) is 18.0 Å². The number of carbonyl (C=O) groups is 1. The van der Waals surface area contributed by atoms with E-state index >= 15 is 0 Å². The Morgan fingerprint density at radius 3 is 3.00 bits per heavy atom. The van der Waals surface area contributed by atoms with Crippen LogP contribution in [-0.2, 0) is 4.74 Å². The van der Waals surface area contributed by atoms with E-state index in [0.717, 1.165) is 0 Å². The summed E-state index contributed by atoms with van der Waals surface area (Å²) in [6, 6.07) is 1.54. The van der Waals surface area contributed by atoms with Crippen molar-refractivity contribution >= 4 is 11.7 Å². The third-order valence-corrected chi connectivity index (χ3v) is 1.20. The second kappa shape index (κ2) is 3.09.